The van der Waals surface area contributed by atoms with E-state index in [1.54, 1.807) is 12.1 Å². The topological polar surface area (TPSA) is 17.1 Å². The van der Waals surface area contributed by atoms with Gasteiger partial charge in [-0.15, -0.1) is 0 Å². The zero-order valence-electron chi connectivity index (χ0n) is 14.9. The molecule has 0 N–H and O–H groups in total. The summed E-state index contributed by atoms with van der Waals surface area (Å²) >= 11 is 0. The van der Waals surface area contributed by atoms with Crippen LogP contribution in [0.2, 0.25) is 0 Å². The minimum absolute atomic E-state index is 0.0838. The molecule has 0 aliphatic heterocycles. The van der Waals surface area contributed by atoms with Crippen LogP contribution in [0.4, 0.5) is 4.39 Å². The van der Waals surface area contributed by atoms with Crippen LogP contribution in [0.25, 0.3) is 23.3 Å². The molecular weight excluding hydrogens is 335 g/mol. The fourth-order valence-corrected chi connectivity index (χ4v) is 4.45. The minimum atomic E-state index is -0.314. The second-order valence-corrected chi connectivity index (χ2v) is 7.30. The predicted octanol–water partition coefficient (Wildman–Crippen LogP) is 4.37. The van der Waals surface area contributed by atoms with Crippen LogP contribution in [0.15, 0.2) is 60.7 Å². The van der Waals surface area contributed by atoms with Gasteiger partial charge in [-0.2, -0.15) is 0 Å². The molecule has 0 spiro atoms. The highest BCUT2D eigenvalue weighted by atomic mass is 19.1. The van der Waals surface area contributed by atoms with Crippen LogP contribution in [-0.2, 0) is 6.42 Å². The van der Waals surface area contributed by atoms with Gasteiger partial charge >= 0.3 is 0 Å². The summed E-state index contributed by atoms with van der Waals surface area (Å²) in [5.41, 5.74) is 5.57. The molecule has 5 rings (SSSR count). The summed E-state index contributed by atoms with van der Waals surface area (Å²) < 4.78 is 13.2. The van der Waals surface area contributed by atoms with Crippen molar-refractivity contribution in [1.82, 2.24) is 0 Å². The van der Waals surface area contributed by atoms with Crippen LogP contribution in [0.3, 0.4) is 0 Å². The smallest absolute Gasteiger partial charge is 0.170 e. The average molecular weight is 354 g/mol. The molecule has 3 aromatic carbocycles. The molecule has 0 saturated heterocycles. The number of fused-ring (bicyclic) bond motifs is 5. The highest BCUT2D eigenvalue weighted by molar-refractivity contribution is 6.01. The fourth-order valence-electron chi connectivity index (χ4n) is 4.45. The minimum Gasteiger partial charge on any atom is -0.293 e. The molecule has 0 saturated carbocycles. The lowest BCUT2D eigenvalue weighted by Gasteiger charge is -2.23. The Labute approximate surface area is 157 Å². The molecule has 1 unspecified atom stereocenters. The van der Waals surface area contributed by atoms with Gasteiger partial charge in [-0.05, 0) is 76.2 Å². The van der Waals surface area contributed by atoms with Gasteiger partial charge < -0.3 is 0 Å². The third kappa shape index (κ3) is 2.64. The second kappa shape index (κ2) is 6.31. The van der Waals surface area contributed by atoms with Crippen LogP contribution >= 0.6 is 0 Å². The molecule has 1 nitrogen and oxygen atoms in total. The number of carbonyl (C=O) groups is 1. The lowest BCUT2D eigenvalue weighted by Crippen LogP contribution is -2.37. The van der Waals surface area contributed by atoms with E-state index in [0.29, 0.717) is 5.56 Å². The maximum Gasteiger partial charge on any atom is 0.170 e. The average Bonchev–Trinajstić information content (AvgIpc) is 2.73. The molecule has 132 valence electrons. The third-order valence-electron chi connectivity index (χ3n) is 5.78. The van der Waals surface area contributed by atoms with Crippen molar-refractivity contribution in [2.75, 3.05) is 0 Å². The standard InChI is InChI=1S/C25H19FO/c26-18-11-8-17(9-12-18)25(27)24-7-3-6-20-22-13-10-16-4-1-2-5-19(16)21(22)14-15-23(20)24/h1-2,4-6,8-9,11-15,24H,3,7,10H2. The Kier molecular flexibility index (Phi) is 3.78. The van der Waals surface area contributed by atoms with Crippen molar-refractivity contribution in [3.05, 3.63) is 93.6 Å². The van der Waals surface area contributed by atoms with Crippen molar-refractivity contribution in [3.8, 4) is 11.1 Å². The van der Waals surface area contributed by atoms with Gasteiger partial charge in [0.1, 0.15) is 5.82 Å². The summed E-state index contributed by atoms with van der Waals surface area (Å²) in [7, 11) is 0. The Hall–Kier alpha value is -3.00. The molecule has 2 aliphatic carbocycles. The maximum absolute atomic E-state index is 13.2. The first-order valence-electron chi connectivity index (χ1n) is 9.44. The molecule has 0 fully saturated rings. The van der Waals surface area contributed by atoms with Gasteiger partial charge in [0.25, 0.3) is 0 Å². The quantitative estimate of drug-likeness (QED) is 0.625. The van der Waals surface area contributed by atoms with E-state index in [0.717, 1.165) is 24.8 Å². The molecule has 0 amide bonds. The Balaban J connectivity index is 1.63. The molecule has 0 aromatic heterocycles. The van der Waals surface area contributed by atoms with Crippen LogP contribution in [0.5, 0.6) is 0 Å². The van der Waals surface area contributed by atoms with Gasteiger partial charge in [-0.25, -0.2) is 4.39 Å². The normalized spacial score (nSPS) is 17.0. The van der Waals surface area contributed by atoms with Crippen molar-refractivity contribution >= 4 is 17.9 Å². The van der Waals surface area contributed by atoms with Crippen molar-refractivity contribution in [2.45, 2.75) is 25.2 Å². The molecule has 3 aromatic rings. The zero-order chi connectivity index (χ0) is 18.4. The van der Waals surface area contributed by atoms with Crippen molar-refractivity contribution in [3.63, 3.8) is 0 Å². The van der Waals surface area contributed by atoms with Crippen LogP contribution in [0, 0.1) is 5.82 Å². The van der Waals surface area contributed by atoms with Gasteiger partial charge in [0.2, 0.25) is 0 Å². The van der Waals surface area contributed by atoms with E-state index in [9.17, 15) is 9.18 Å². The summed E-state index contributed by atoms with van der Waals surface area (Å²) in [6.07, 6.45) is 7.17. The summed E-state index contributed by atoms with van der Waals surface area (Å²) in [6.45, 7) is 0. The van der Waals surface area contributed by atoms with Gasteiger partial charge in [-0.3, -0.25) is 4.79 Å². The first-order valence-corrected chi connectivity index (χ1v) is 9.44. The largest absolute Gasteiger partial charge is 0.293 e. The summed E-state index contributed by atoms with van der Waals surface area (Å²) in [5.74, 6) is -0.391. The van der Waals surface area contributed by atoms with Gasteiger partial charge in [0.05, 0.1) is 0 Å². The Morgan fingerprint density at radius 3 is 2.52 bits per heavy atom. The Morgan fingerprint density at radius 1 is 0.852 bits per heavy atom. The van der Waals surface area contributed by atoms with Gasteiger partial charge in [-0.1, -0.05) is 48.6 Å². The van der Waals surface area contributed by atoms with Gasteiger partial charge in [0.15, 0.2) is 5.78 Å². The molecule has 2 heteroatoms. The third-order valence-corrected chi connectivity index (χ3v) is 5.78. The highest BCUT2D eigenvalue weighted by Gasteiger charge is 2.26. The Bertz CT molecular complexity index is 1170. The van der Waals surface area contributed by atoms with Crippen molar-refractivity contribution in [2.24, 2.45) is 0 Å². The van der Waals surface area contributed by atoms with Crippen LogP contribution in [0.1, 0.15) is 40.2 Å². The number of Topliss-reactive ketones (excluding diaryl/α,β-unsaturated/α-hetero) is 1. The fraction of sp³-hybridized carbons (Fsp3) is 0.160. The van der Waals surface area contributed by atoms with E-state index in [2.05, 4.69) is 48.6 Å². The van der Waals surface area contributed by atoms with E-state index in [1.807, 2.05) is 0 Å². The predicted molar refractivity (Wildman–Crippen MR) is 106 cm³/mol. The highest BCUT2D eigenvalue weighted by Crippen LogP contribution is 2.29. The van der Waals surface area contributed by atoms with E-state index in [1.165, 1.54) is 39.3 Å². The number of rotatable bonds is 2. The molecule has 27 heavy (non-hydrogen) atoms. The summed E-state index contributed by atoms with van der Waals surface area (Å²) in [5, 5.41) is 2.46. The maximum atomic E-state index is 13.2. The van der Waals surface area contributed by atoms with Crippen LogP contribution in [-0.4, -0.2) is 5.78 Å². The number of ketones is 1. The second-order valence-electron chi connectivity index (χ2n) is 7.30. The summed E-state index contributed by atoms with van der Waals surface area (Å²) in [4.78, 5) is 13.1. The molecule has 0 bridgehead atoms. The van der Waals surface area contributed by atoms with Gasteiger partial charge in [0, 0.05) is 11.5 Å². The SMILES string of the molecule is O=C(c1ccc(F)cc1)C1CCC=c2c1ccc1c2=CCc2ccccc2-1. The van der Waals surface area contributed by atoms with E-state index in [4.69, 9.17) is 0 Å². The van der Waals surface area contributed by atoms with Crippen molar-refractivity contribution in [1.29, 1.82) is 0 Å². The first kappa shape index (κ1) is 16.2. The molecule has 1 atom stereocenters. The van der Waals surface area contributed by atoms with E-state index in [-0.39, 0.29) is 17.5 Å². The molecular formula is C25H19FO. The lowest BCUT2D eigenvalue weighted by atomic mass is 9.79. The monoisotopic (exact) mass is 354 g/mol. The number of benzene rings is 3. The van der Waals surface area contributed by atoms with E-state index >= 15 is 0 Å². The van der Waals surface area contributed by atoms with E-state index < -0.39 is 0 Å². The number of halogens is 1. The van der Waals surface area contributed by atoms with Crippen LogP contribution < -0.4 is 10.4 Å². The molecule has 0 heterocycles. The number of carbonyl (C=O) groups excluding carboxylic acids is 1. The molecule has 0 radical (unpaired) electrons. The lowest BCUT2D eigenvalue weighted by molar-refractivity contribution is 0.0954. The zero-order valence-corrected chi connectivity index (χ0v) is 14.9. The number of hydrogen-bond donors (Lipinski definition) is 0. The molecule has 2 aliphatic rings. The summed E-state index contributed by atoms with van der Waals surface area (Å²) in [6, 6.07) is 18.7. The Morgan fingerprint density at radius 2 is 1.67 bits per heavy atom. The van der Waals surface area contributed by atoms with Crippen molar-refractivity contribution < 1.29 is 9.18 Å². The number of hydrogen-bond acceptors (Lipinski definition) is 1. The first-order chi connectivity index (χ1) is 13.2.